The number of rotatable bonds is 3. The summed E-state index contributed by atoms with van der Waals surface area (Å²) < 4.78 is 0. The van der Waals surface area contributed by atoms with Gasteiger partial charge in [-0.05, 0) is 26.7 Å². The highest BCUT2D eigenvalue weighted by atomic mass is 16.2. The van der Waals surface area contributed by atoms with Gasteiger partial charge in [-0.2, -0.15) is 0 Å². The summed E-state index contributed by atoms with van der Waals surface area (Å²) in [6, 6.07) is 0.114. The Bertz CT molecular complexity index is 319. The van der Waals surface area contributed by atoms with Gasteiger partial charge in [0.1, 0.15) is 0 Å². The van der Waals surface area contributed by atoms with E-state index in [4.69, 9.17) is 0 Å². The lowest BCUT2D eigenvalue weighted by molar-refractivity contribution is -0.136. The van der Waals surface area contributed by atoms with Gasteiger partial charge in [0.2, 0.25) is 5.91 Å². The summed E-state index contributed by atoms with van der Waals surface area (Å²) in [5.41, 5.74) is 0. The van der Waals surface area contributed by atoms with Gasteiger partial charge >= 0.3 is 6.03 Å². The average molecular weight is 281 g/mol. The van der Waals surface area contributed by atoms with E-state index in [1.54, 1.807) is 0 Å². The molecule has 5 nitrogen and oxygen atoms in total. The monoisotopic (exact) mass is 281 g/mol. The molecule has 2 aliphatic rings. The molecular formula is C15H27N3O2. The summed E-state index contributed by atoms with van der Waals surface area (Å²) in [6.07, 6.45) is 4.49. The Morgan fingerprint density at radius 2 is 1.45 bits per heavy atom. The van der Waals surface area contributed by atoms with Gasteiger partial charge < -0.3 is 14.7 Å². The highest BCUT2D eigenvalue weighted by Gasteiger charge is 2.31. The Hall–Kier alpha value is -1.26. The van der Waals surface area contributed by atoms with Crippen LogP contribution in [0.1, 0.15) is 39.5 Å². The molecular weight excluding hydrogens is 254 g/mol. The fraction of sp³-hybridized carbons (Fsp3) is 0.867. The molecule has 0 aromatic heterocycles. The van der Waals surface area contributed by atoms with Crippen LogP contribution in [0, 0.1) is 5.92 Å². The van der Waals surface area contributed by atoms with E-state index in [0.29, 0.717) is 32.1 Å². The largest absolute Gasteiger partial charge is 0.339 e. The highest BCUT2D eigenvalue weighted by molar-refractivity contribution is 5.80. The Kier molecular flexibility index (Phi) is 5.26. The first-order valence-corrected chi connectivity index (χ1v) is 8.00. The molecule has 114 valence electrons. The van der Waals surface area contributed by atoms with Crippen molar-refractivity contribution in [2.24, 2.45) is 5.92 Å². The van der Waals surface area contributed by atoms with E-state index in [1.807, 2.05) is 28.5 Å². The highest BCUT2D eigenvalue weighted by Crippen LogP contribution is 2.26. The lowest BCUT2D eigenvalue weighted by Gasteiger charge is -2.38. The smallest absolute Gasteiger partial charge is 0.320 e. The van der Waals surface area contributed by atoms with Crippen molar-refractivity contribution in [3.8, 4) is 0 Å². The molecule has 1 aliphatic carbocycles. The fourth-order valence-electron chi connectivity index (χ4n) is 3.24. The van der Waals surface area contributed by atoms with E-state index in [9.17, 15) is 9.59 Å². The molecule has 1 aliphatic heterocycles. The van der Waals surface area contributed by atoms with Crippen molar-refractivity contribution in [1.82, 2.24) is 14.7 Å². The number of hydrogen-bond acceptors (Lipinski definition) is 2. The van der Waals surface area contributed by atoms with Crippen LogP contribution in [0.4, 0.5) is 4.79 Å². The van der Waals surface area contributed by atoms with Crippen LogP contribution in [0.5, 0.6) is 0 Å². The second kappa shape index (κ2) is 6.95. The Morgan fingerprint density at radius 1 is 0.950 bits per heavy atom. The lowest BCUT2D eigenvalue weighted by Crippen LogP contribution is -2.54. The molecule has 0 unspecified atom stereocenters. The van der Waals surface area contributed by atoms with E-state index in [2.05, 4.69) is 0 Å². The quantitative estimate of drug-likeness (QED) is 0.791. The third kappa shape index (κ3) is 3.25. The first-order valence-electron chi connectivity index (χ1n) is 8.00. The Morgan fingerprint density at radius 3 is 1.95 bits per heavy atom. The number of nitrogens with zero attached hydrogens (tertiary/aromatic N) is 3. The molecule has 1 heterocycles. The maximum Gasteiger partial charge on any atom is 0.320 e. The Labute approximate surface area is 121 Å². The predicted molar refractivity (Wildman–Crippen MR) is 78.4 cm³/mol. The van der Waals surface area contributed by atoms with Crippen LogP contribution >= 0.6 is 0 Å². The molecule has 0 N–H and O–H groups in total. The van der Waals surface area contributed by atoms with E-state index >= 15 is 0 Å². The van der Waals surface area contributed by atoms with Gasteiger partial charge in [0.15, 0.2) is 0 Å². The van der Waals surface area contributed by atoms with Gasteiger partial charge in [-0.1, -0.05) is 12.8 Å². The number of piperazine rings is 1. The molecule has 0 aromatic rings. The predicted octanol–water partition coefficient (Wildman–Crippen LogP) is 1.78. The standard InChI is InChI=1S/C15H27N3O2/c1-3-16(4-2)15(20)18-11-9-17(10-12-18)14(19)13-7-5-6-8-13/h13H,3-12H2,1-2H3. The first kappa shape index (κ1) is 15.1. The molecule has 3 amide bonds. The van der Waals surface area contributed by atoms with Gasteiger partial charge in [0.25, 0.3) is 0 Å². The third-order valence-corrected chi connectivity index (χ3v) is 4.60. The minimum absolute atomic E-state index is 0.114. The summed E-state index contributed by atoms with van der Waals surface area (Å²) >= 11 is 0. The van der Waals surface area contributed by atoms with Crippen LogP contribution in [0.3, 0.4) is 0 Å². The number of carbonyl (C=O) groups excluding carboxylic acids is 2. The molecule has 0 spiro atoms. The van der Waals surface area contributed by atoms with Crippen molar-refractivity contribution in [2.75, 3.05) is 39.3 Å². The molecule has 1 saturated carbocycles. The zero-order chi connectivity index (χ0) is 14.5. The summed E-state index contributed by atoms with van der Waals surface area (Å²) in [6.45, 7) is 8.24. The van der Waals surface area contributed by atoms with Crippen molar-refractivity contribution in [3.63, 3.8) is 0 Å². The van der Waals surface area contributed by atoms with E-state index in [0.717, 1.165) is 25.9 Å². The van der Waals surface area contributed by atoms with Crippen molar-refractivity contribution < 1.29 is 9.59 Å². The SMILES string of the molecule is CCN(CC)C(=O)N1CCN(C(=O)C2CCCC2)CC1. The second-order valence-electron chi connectivity index (χ2n) is 5.75. The summed E-state index contributed by atoms with van der Waals surface area (Å²) in [5.74, 6) is 0.567. The minimum atomic E-state index is 0.114. The van der Waals surface area contributed by atoms with Crippen molar-refractivity contribution in [1.29, 1.82) is 0 Å². The first-order chi connectivity index (χ1) is 9.67. The summed E-state index contributed by atoms with van der Waals surface area (Å²) in [4.78, 5) is 30.3. The fourth-order valence-corrected chi connectivity index (χ4v) is 3.24. The van der Waals surface area contributed by atoms with Crippen molar-refractivity contribution in [3.05, 3.63) is 0 Å². The van der Waals surface area contributed by atoms with E-state index in [-0.39, 0.29) is 11.9 Å². The van der Waals surface area contributed by atoms with Gasteiger partial charge in [0.05, 0.1) is 0 Å². The molecule has 2 fully saturated rings. The van der Waals surface area contributed by atoms with Gasteiger partial charge in [-0.15, -0.1) is 0 Å². The van der Waals surface area contributed by atoms with Gasteiger partial charge in [0, 0.05) is 45.2 Å². The van der Waals surface area contributed by atoms with E-state index < -0.39 is 0 Å². The number of carbonyl (C=O) groups is 2. The molecule has 5 heteroatoms. The molecule has 0 atom stereocenters. The van der Waals surface area contributed by atoms with Crippen LogP contribution in [0.2, 0.25) is 0 Å². The zero-order valence-electron chi connectivity index (χ0n) is 12.8. The van der Waals surface area contributed by atoms with Gasteiger partial charge in [-0.3, -0.25) is 4.79 Å². The number of amides is 3. The third-order valence-electron chi connectivity index (χ3n) is 4.60. The normalized spacial score (nSPS) is 20.3. The van der Waals surface area contributed by atoms with Crippen LogP contribution < -0.4 is 0 Å². The molecule has 20 heavy (non-hydrogen) atoms. The molecule has 0 bridgehead atoms. The Balaban J connectivity index is 1.82. The van der Waals surface area contributed by atoms with E-state index in [1.165, 1.54) is 12.8 Å². The maximum absolute atomic E-state index is 12.3. The molecule has 1 saturated heterocycles. The molecule has 2 rings (SSSR count). The summed E-state index contributed by atoms with van der Waals surface area (Å²) in [7, 11) is 0. The van der Waals surface area contributed by atoms with Crippen LogP contribution in [0.15, 0.2) is 0 Å². The van der Waals surface area contributed by atoms with Gasteiger partial charge in [-0.25, -0.2) is 4.79 Å². The van der Waals surface area contributed by atoms with Crippen LogP contribution in [-0.4, -0.2) is 65.9 Å². The zero-order valence-corrected chi connectivity index (χ0v) is 12.8. The minimum Gasteiger partial charge on any atom is -0.339 e. The average Bonchev–Trinajstić information content (AvgIpc) is 3.02. The topological polar surface area (TPSA) is 43.9 Å². The summed E-state index contributed by atoms with van der Waals surface area (Å²) in [5, 5.41) is 0. The lowest BCUT2D eigenvalue weighted by atomic mass is 10.1. The van der Waals surface area contributed by atoms with Crippen LogP contribution in [-0.2, 0) is 4.79 Å². The molecule has 0 radical (unpaired) electrons. The molecule has 0 aromatic carbocycles. The van der Waals surface area contributed by atoms with Crippen molar-refractivity contribution >= 4 is 11.9 Å². The maximum atomic E-state index is 12.3. The van der Waals surface area contributed by atoms with Crippen LogP contribution in [0.25, 0.3) is 0 Å². The second-order valence-corrected chi connectivity index (χ2v) is 5.75. The number of urea groups is 1. The van der Waals surface area contributed by atoms with Crippen molar-refractivity contribution in [2.45, 2.75) is 39.5 Å². The number of hydrogen-bond donors (Lipinski definition) is 0.